The van der Waals surface area contributed by atoms with Gasteiger partial charge in [0.05, 0.1) is 25.3 Å². The molecule has 2 aromatic carbocycles. The molecule has 0 saturated carbocycles. The first-order chi connectivity index (χ1) is 15.0. The number of carbonyl (C=O) groups is 1. The molecule has 0 spiro atoms. The zero-order valence-corrected chi connectivity index (χ0v) is 18.3. The van der Waals surface area contributed by atoms with E-state index in [-0.39, 0.29) is 6.42 Å². The van der Waals surface area contributed by atoms with Crippen molar-refractivity contribution < 1.29 is 19.4 Å². The van der Waals surface area contributed by atoms with E-state index in [9.17, 15) is 4.79 Å². The summed E-state index contributed by atoms with van der Waals surface area (Å²) in [4.78, 5) is 19.8. The summed E-state index contributed by atoms with van der Waals surface area (Å²) in [6, 6.07) is 15.6. The predicted molar refractivity (Wildman–Crippen MR) is 122 cm³/mol. The lowest BCUT2D eigenvalue weighted by Crippen LogP contribution is -2.04. The number of hydrogen-bond acceptors (Lipinski definition) is 5. The molecule has 2 heterocycles. The number of H-pyrrole nitrogens is 1. The summed E-state index contributed by atoms with van der Waals surface area (Å²) in [5.74, 6) is 0.728. The van der Waals surface area contributed by atoms with E-state index in [0.29, 0.717) is 18.9 Å². The van der Waals surface area contributed by atoms with Crippen LogP contribution in [-0.2, 0) is 11.2 Å². The second-order valence-corrected chi connectivity index (χ2v) is 8.55. The van der Waals surface area contributed by atoms with Gasteiger partial charge in [-0.15, -0.1) is 11.3 Å². The summed E-state index contributed by atoms with van der Waals surface area (Å²) in [5.41, 5.74) is 3.76. The van der Waals surface area contributed by atoms with E-state index in [2.05, 4.69) is 16.9 Å². The van der Waals surface area contributed by atoms with E-state index in [0.717, 1.165) is 45.1 Å². The van der Waals surface area contributed by atoms with Gasteiger partial charge in [0.25, 0.3) is 0 Å². The average Bonchev–Trinajstić information content (AvgIpc) is 3.29. The fourth-order valence-corrected chi connectivity index (χ4v) is 4.17. The van der Waals surface area contributed by atoms with Crippen LogP contribution in [0.5, 0.6) is 11.5 Å². The van der Waals surface area contributed by atoms with Crippen LogP contribution in [0.1, 0.15) is 22.7 Å². The van der Waals surface area contributed by atoms with Crippen molar-refractivity contribution in [2.75, 3.05) is 13.2 Å². The molecule has 0 aliphatic rings. The van der Waals surface area contributed by atoms with Crippen LogP contribution in [0.4, 0.5) is 0 Å². The van der Waals surface area contributed by atoms with Crippen LogP contribution in [0.15, 0.2) is 48.5 Å². The molecule has 160 valence electrons. The van der Waals surface area contributed by atoms with Crippen molar-refractivity contribution in [3.8, 4) is 22.1 Å². The standard InChI is InChI=1S/C24H24N2O4S/c1-15-16(2)31-24(25-15)17-4-6-20(7-5-17)29-10-3-11-30-21-8-9-22-18(13-21)12-19(26-22)14-23(27)28/h4-9,12-13,26H,3,10-11,14H2,1-2H3,(H,27,28). The minimum atomic E-state index is -0.856. The highest BCUT2D eigenvalue weighted by molar-refractivity contribution is 7.15. The second kappa shape index (κ2) is 9.22. The number of benzene rings is 2. The lowest BCUT2D eigenvalue weighted by atomic mass is 10.2. The molecular weight excluding hydrogens is 412 g/mol. The lowest BCUT2D eigenvalue weighted by Gasteiger charge is -2.08. The van der Waals surface area contributed by atoms with Crippen LogP contribution in [0.25, 0.3) is 21.5 Å². The highest BCUT2D eigenvalue weighted by Crippen LogP contribution is 2.28. The number of nitrogens with one attached hydrogen (secondary N) is 1. The number of fused-ring (bicyclic) bond motifs is 1. The quantitative estimate of drug-likeness (QED) is 0.344. The van der Waals surface area contributed by atoms with Crippen LogP contribution in [0, 0.1) is 13.8 Å². The van der Waals surface area contributed by atoms with Crippen molar-refractivity contribution in [1.29, 1.82) is 0 Å². The van der Waals surface area contributed by atoms with Crippen molar-refractivity contribution in [2.45, 2.75) is 26.7 Å². The molecule has 0 saturated heterocycles. The topological polar surface area (TPSA) is 84.4 Å². The molecule has 0 unspecified atom stereocenters. The Morgan fingerprint density at radius 2 is 1.74 bits per heavy atom. The van der Waals surface area contributed by atoms with Gasteiger partial charge >= 0.3 is 5.97 Å². The number of aromatic amines is 1. The number of aryl methyl sites for hydroxylation is 2. The summed E-state index contributed by atoms with van der Waals surface area (Å²) in [6.45, 7) is 5.21. The molecule has 0 bridgehead atoms. The summed E-state index contributed by atoms with van der Waals surface area (Å²) in [6.07, 6.45) is 0.731. The third-order valence-corrected chi connectivity index (χ3v) is 6.07. The lowest BCUT2D eigenvalue weighted by molar-refractivity contribution is -0.136. The molecule has 0 fully saturated rings. The zero-order chi connectivity index (χ0) is 21.8. The molecule has 4 aromatic rings. The number of carboxylic acids is 1. The minimum Gasteiger partial charge on any atom is -0.493 e. The normalized spacial score (nSPS) is 11.0. The summed E-state index contributed by atoms with van der Waals surface area (Å²) >= 11 is 1.70. The monoisotopic (exact) mass is 436 g/mol. The minimum absolute atomic E-state index is 0.0215. The molecule has 2 aromatic heterocycles. The maximum Gasteiger partial charge on any atom is 0.309 e. The maximum absolute atomic E-state index is 10.9. The van der Waals surface area contributed by atoms with Crippen molar-refractivity contribution in [2.24, 2.45) is 0 Å². The number of aliphatic carboxylic acids is 1. The van der Waals surface area contributed by atoms with E-state index < -0.39 is 5.97 Å². The third kappa shape index (κ3) is 5.24. The number of carboxylic acid groups (broad SMARTS) is 1. The fourth-order valence-electron chi connectivity index (χ4n) is 3.25. The molecule has 0 radical (unpaired) electrons. The molecule has 0 aliphatic heterocycles. The van der Waals surface area contributed by atoms with E-state index in [4.69, 9.17) is 14.6 Å². The predicted octanol–water partition coefficient (Wildman–Crippen LogP) is 5.38. The molecule has 0 aliphatic carbocycles. The largest absolute Gasteiger partial charge is 0.493 e. The van der Waals surface area contributed by atoms with E-state index in [1.54, 1.807) is 11.3 Å². The van der Waals surface area contributed by atoms with E-state index in [1.807, 2.05) is 55.5 Å². The van der Waals surface area contributed by atoms with Crippen LogP contribution in [0.2, 0.25) is 0 Å². The number of thiazole rings is 1. The number of ether oxygens (including phenoxy) is 2. The molecule has 0 amide bonds. The van der Waals surface area contributed by atoms with Crippen LogP contribution >= 0.6 is 11.3 Å². The summed E-state index contributed by atoms with van der Waals surface area (Å²) in [5, 5.41) is 10.9. The first-order valence-corrected chi connectivity index (χ1v) is 10.9. The summed E-state index contributed by atoms with van der Waals surface area (Å²) < 4.78 is 11.6. The first kappa shape index (κ1) is 20.9. The SMILES string of the molecule is Cc1nc(-c2ccc(OCCCOc3ccc4[nH]c(CC(=O)O)cc4c3)cc2)sc1C. The number of aromatic nitrogens is 2. The van der Waals surface area contributed by atoms with E-state index in [1.165, 1.54) is 4.88 Å². The van der Waals surface area contributed by atoms with Crippen LogP contribution < -0.4 is 9.47 Å². The maximum atomic E-state index is 10.9. The Kier molecular flexibility index (Phi) is 6.23. The highest BCUT2D eigenvalue weighted by Gasteiger charge is 2.07. The number of nitrogens with zero attached hydrogens (tertiary/aromatic N) is 1. The molecule has 2 N–H and O–H groups in total. The average molecular weight is 437 g/mol. The van der Waals surface area contributed by atoms with Crippen molar-refractivity contribution >= 4 is 28.2 Å². The molecule has 6 nitrogen and oxygen atoms in total. The highest BCUT2D eigenvalue weighted by atomic mass is 32.1. The molecule has 0 atom stereocenters. The van der Waals surface area contributed by atoms with Crippen molar-refractivity contribution in [3.63, 3.8) is 0 Å². The van der Waals surface area contributed by atoms with Gasteiger partial charge in [-0.05, 0) is 62.4 Å². The van der Waals surface area contributed by atoms with Crippen LogP contribution in [-0.4, -0.2) is 34.3 Å². The third-order valence-electron chi connectivity index (χ3n) is 4.95. The fraction of sp³-hybridized carbons (Fsp3) is 0.250. The molecular formula is C24H24N2O4S. The first-order valence-electron chi connectivity index (χ1n) is 10.1. The van der Waals surface area contributed by atoms with Gasteiger partial charge in [0.1, 0.15) is 16.5 Å². The Balaban J connectivity index is 1.24. The van der Waals surface area contributed by atoms with E-state index >= 15 is 0 Å². The Labute approximate surface area is 184 Å². The Hall–Kier alpha value is -3.32. The van der Waals surface area contributed by atoms with Gasteiger partial charge < -0.3 is 19.6 Å². The summed E-state index contributed by atoms with van der Waals surface area (Å²) in [7, 11) is 0. The smallest absolute Gasteiger partial charge is 0.309 e. The number of rotatable bonds is 9. The van der Waals surface area contributed by atoms with Gasteiger partial charge in [0.2, 0.25) is 0 Å². The Morgan fingerprint density at radius 3 is 2.42 bits per heavy atom. The van der Waals surface area contributed by atoms with Gasteiger partial charge in [0, 0.05) is 33.5 Å². The zero-order valence-electron chi connectivity index (χ0n) is 17.5. The molecule has 7 heteroatoms. The van der Waals surface area contributed by atoms with Gasteiger partial charge in [-0.1, -0.05) is 0 Å². The van der Waals surface area contributed by atoms with Gasteiger partial charge in [-0.3, -0.25) is 4.79 Å². The number of hydrogen-bond donors (Lipinski definition) is 2. The van der Waals surface area contributed by atoms with Gasteiger partial charge in [0.15, 0.2) is 0 Å². The van der Waals surface area contributed by atoms with Gasteiger partial charge in [-0.2, -0.15) is 0 Å². The second-order valence-electron chi connectivity index (χ2n) is 7.35. The van der Waals surface area contributed by atoms with Crippen molar-refractivity contribution in [1.82, 2.24) is 9.97 Å². The van der Waals surface area contributed by atoms with Crippen LogP contribution in [0.3, 0.4) is 0 Å². The van der Waals surface area contributed by atoms with Crippen molar-refractivity contribution in [3.05, 3.63) is 64.8 Å². The molecule has 4 rings (SSSR count). The Morgan fingerprint density at radius 1 is 1.03 bits per heavy atom. The van der Waals surface area contributed by atoms with Gasteiger partial charge in [-0.25, -0.2) is 4.98 Å². The Bertz CT molecular complexity index is 1170. The molecule has 31 heavy (non-hydrogen) atoms.